The minimum atomic E-state index is 0.0711. The summed E-state index contributed by atoms with van der Waals surface area (Å²) in [5.41, 5.74) is 11.2. The highest BCUT2D eigenvalue weighted by atomic mass is 32.1. The van der Waals surface area contributed by atoms with Crippen LogP contribution in [-0.4, -0.2) is 44.7 Å². The van der Waals surface area contributed by atoms with Gasteiger partial charge in [-0.3, -0.25) is 9.48 Å². The predicted octanol–water partition coefficient (Wildman–Crippen LogP) is 2.79. The predicted molar refractivity (Wildman–Crippen MR) is 111 cm³/mol. The van der Waals surface area contributed by atoms with Gasteiger partial charge < -0.3 is 10.6 Å². The van der Waals surface area contributed by atoms with Crippen molar-refractivity contribution in [3.63, 3.8) is 0 Å². The maximum absolute atomic E-state index is 12.1. The number of rotatable bonds is 4. The van der Waals surface area contributed by atoms with Crippen molar-refractivity contribution in [1.29, 1.82) is 0 Å². The molecule has 0 saturated heterocycles. The molecule has 146 valence electrons. The number of hydrogen-bond acceptors (Lipinski definition) is 6. The van der Waals surface area contributed by atoms with Crippen LogP contribution in [-0.2, 0) is 30.6 Å². The maximum Gasteiger partial charge on any atom is 0.228 e. The van der Waals surface area contributed by atoms with E-state index in [9.17, 15) is 4.79 Å². The van der Waals surface area contributed by atoms with Gasteiger partial charge >= 0.3 is 0 Å². The molecule has 1 amide bonds. The molecule has 3 heterocycles. The minimum Gasteiger partial charge on any atom is -0.384 e. The number of nitrogens with two attached hydrogens (primary N) is 1. The lowest BCUT2D eigenvalue weighted by atomic mass is 10.0. The fraction of sp³-hybridized carbons (Fsp3) is 0.400. The first-order valence-corrected chi connectivity index (χ1v) is 10.3. The molecule has 3 aromatic heterocycles. The van der Waals surface area contributed by atoms with E-state index in [4.69, 9.17) is 15.8 Å². The summed E-state index contributed by atoms with van der Waals surface area (Å²) < 4.78 is 2.06. The first-order valence-electron chi connectivity index (χ1n) is 9.48. The minimum absolute atomic E-state index is 0.0711. The number of aromatic nitrogens is 4. The SMILES string of the molecule is CCn1nc(-c2ccc(N)nc2)c2c1-c1sc(CC(=O)N(C)C)nc1CCC2. The van der Waals surface area contributed by atoms with E-state index in [1.54, 1.807) is 36.5 Å². The smallest absolute Gasteiger partial charge is 0.228 e. The number of pyridine rings is 1. The molecule has 28 heavy (non-hydrogen) atoms. The van der Waals surface area contributed by atoms with Crippen LogP contribution >= 0.6 is 11.3 Å². The van der Waals surface area contributed by atoms with E-state index in [2.05, 4.69) is 16.6 Å². The summed E-state index contributed by atoms with van der Waals surface area (Å²) in [5.74, 6) is 0.575. The van der Waals surface area contributed by atoms with E-state index in [0.717, 1.165) is 58.3 Å². The van der Waals surface area contributed by atoms with E-state index in [0.29, 0.717) is 12.2 Å². The van der Waals surface area contributed by atoms with Crippen molar-refractivity contribution >= 4 is 23.1 Å². The van der Waals surface area contributed by atoms with Crippen molar-refractivity contribution < 1.29 is 4.79 Å². The number of carbonyl (C=O) groups is 1. The number of carbonyl (C=O) groups excluding carboxylic acids is 1. The van der Waals surface area contributed by atoms with Gasteiger partial charge in [-0.15, -0.1) is 11.3 Å². The maximum atomic E-state index is 12.1. The van der Waals surface area contributed by atoms with Crippen LogP contribution in [0.1, 0.15) is 29.6 Å². The Balaban J connectivity index is 1.82. The molecule has 0 saturated carbocycles. The normalized spacial score (nSPS) is 13.0. The molecule has 7 nitrogen and oxygen atoms in total. The lowest BCUT2D eigenvalue weighted by Crippen LogP contribution is -2.23. The highest BCUT2D eigenvalue weighted by Crippen LogP contribution is 2.41. The Kier molecular flexibility index (Phi) is 4.89. The largest absolute Gasteiger partial charge is 0.384 e. The Morgan fingerprint density at radius 1 is 1.32 bits per heavy atom. The van der Waals surface area contributed by atoms with E-state index in [-0.39, 0.29) is 5.91 Å². The lowest BCUT2D eigenvalue weighted by Gasteiger charge is -2.08. The molecular formula is C20H24N6OS. The molecule has 0 aromatic carbocycles. The van der Waals surface area contributed by atoms with E-state index in [1.165, 1.54) is 5.56 Å². The van der Waals surface area contributed by atoms with Crippen molar-refractivity contribution in [2.24, 2.45) is 0 Å². The Morgan fingerprint density at radius 2 is 2.14 bits per heavy atom. The monoisotopic (exact) mass is 396 g/mol. The van der Waals surface area contributed by atoms with Gasteiger partial charge in [-0.1, -0.05) is 0 Å². The molecule has 0 bridgehead atoms. The summed E-state index contributed by atoms with van der Waals surface area (Å²) in [7, 11) is 3.55. The zero-order valence-electron chi connectivity index (χ0n) is 16.4. The quantitative estimate of drug-likeness (QED) is 0.732. The van der Waals surface area contributed by atoms with Crippen molar-refractivity contribution in [1.82, 2.24) is 24.6 Å². The molecular weight excluding hydrogens is 372 g/mol. The second-order valence-electron chi connectivity index (χ2n) is 7.17. The van der Waals surface area contributed by atoms with E-state index >= 15 is 0 Å². The zero-order valence-corrected chi connectivity index (χ0v) is 17.2. The first-order chi connectivity index (χ1) is 13.5. The summed E-state index contributed by atoms with van der Waals surface area (Å²) in [6, 6.07) is 3.79. The first kappa shape index (κ1) is 18.6. The Hall–Kier alpha value is -2.74. The van der Waals surface area contributed by atoms with Gasteiger partial charge in [-0.2, -0.15) is 5.10 Å². The Labute approximate surface area is 168 Å². The van der Waals surface area contributed by atoms with Crippen LogP contribution in [0.4, 0.5) is 5.82 Å². The number of anilines is 1. The Morgan fingerprint density at radius 3 is 2.82 bits per heavy atom. The van der Waals surface area contributed by atoms with Crippen molar-refractivity contribution in [3.8, 4) is 21.8 Å². The summed E-state index contributed by atoms with van der Waals surface area (Å²) >= 11 is 1.62. The summed E-state index contributed by atoms with van der Waals surface area (Å²) in [6.45, 7) is 2.87. The second kappa shape index (κ2) is 7.35. The van der Waals surface area contributed by atoms with Gasteiger partial charge in [0.2, 0.25) is 5.91 Å². The van der Waals surface area contributed by atoms with Gasteiger partial charge in [0, 0.05) is 38.0 Å². The summed E-state index contributed by atoms with van der Waals surface area (Å²) in [4.78, 5) is 23.9. The number of nitrogens with zero attached hydrogens (tertiary/aromatic N) is 5. The van der Waals surface area contributed by atoms with Gasteiger partial charge in [0.15, 0.2) is 0 Å². The average Bonchev–Trinajstić information content (AvgIpc) is 3.18. The number of likely N-dealkylation sites (N-methyl/N-ethyl adjacent to an activating group) is 1. The molecule has 0 radical (unpaired) electrons. The van der Waals surface area contributed by atoms with Gasteiger partial charge in [0.05, 0.1) is 28.4 Å². The van der Waals surface area contributed by atoms with Gasteiger partial charge in [0.25, 0.3) is 0 Å². The van der Waals surface area contributed by atoms with Crippen LogP contribution < -0.4 is 5.73 Å². The number of nitrogen functional groups attached to an aromatic ring is 1. The zero-order chi connectivity index (χ0) is 19.8. The fourth-order valence-corrected chi connectivity index (χ4v) is 4.73. The molecule has 4 rings (SSSR count). The molecule has 0 aliphatic heterocycles. The molecule has 0 unspecified atom stereocenters. The molecule has 0 atom stereocenters. The van der Waals surface area contributed by atoms with Crippen LogP contribution in [0.5, 0.6) is 0 Å². The number of amides is 1. The molecule has 3 aromatic rings. The third kappa shape index (κ3) is 3.28. The third-order valence-electron chi connectivity index (χ3n) is 5.01. The average molecular weight is 397 g/mol. The van der Waals surface area contributed by atoms with Crippen LogP contribution in [0.3, 0.4) is 0 Å². The molecule has 8 heteroatoms. The number of aryl methyl sites for hydroxylation is 2. The van der Waals surface area contributed by atoms with Crippen LogP contribution in [0, 0.1) is 0 Å². The van der Waals surface area contributed by atoms with Gasteiger partial charge in [0.1, 0.15) is 10.8 Å². The molecule has 1 aliphatic rings. The third-order valence-corrected chi connectivity index (χ3v) is 6.11. The lowest BCUT2D eigenvalue weighted by molar-refractivity contribution is -0.127. The standard InChI is InChI=1S/C20H24N6OS/c1-4-26-19-13(18(24-26)12-8-9-15(21)22-11-12)6-5-7-14-20(19)28-16(23-14)10-17(27)25(2)3/h8-9,11H,4-7,10H2,1-3H3,(H2,21,22). The molecule has 0 fully saturated rings. The fourth-order valence-electron chi connectivity index (χ4n) is 3.55. The highest BCUT2D eigenvalue weighted by Gasteiger charge is 2.27. The molecule has 1 aliphatic carbocycles. The van der Waals surface area contributed by atoms with Crippen molar-refractivity contribution in [2.45, 2.75) is 39.2 Å². The highest BCUT2D eigenvalue weighted by molar-refractivity contribution is 7.15. The second-order valence-corrected chi connectivity index (χ2v) is 8.25. The topological polar surface area (TPSA) is 89.9 Å². The van der Waals surface area contributed by atoms with Crippen molar-refractivity contribution in [2.75, 3.05) is 19.8 Å². The van der Waals surface area contributed by atoms with Crippen LogP contribution in [0.15, 0.2) is 18.3 Å². The van der Waals surface area contributed by atoms with Crippen LogP contribution in [0.25, 0.3) is 21.8 Å². The number of hydrogen-bond donors (Lipinski definition) is 1. The van der Waals surface area contributed by atoms with Crippen LogP contribution in [0.2, 0.25) is 0 Å². The number of fused-ring (bicyclic) bond motifs is 3. The van der Waals surface area contributed by atoms with Crippen molar-refractivity contribution in [3.05, 3.63) is 34.6 Å². The van der Waals surface area contributed by atoms with Gasteiger partial charge in [-0.05, 0) is 38.3 Å². The molecule has 0 spiro atoms. The van der Waals surface area contributed by atoms with E-state index in [1.807, 2.05) is 12.1 Å². The summed E-state index contributed by atoms with van der Waals surface area (Å²) in [5, 5.41) is 5.76. The Bertz CT molecular complexity index is 1020. The number of thiazole rings is 1. The van der Waals surface area contributed by atoms with E-state index < -0.39 is 0 Å². The van der Waals surface area contributed by atoms with Gasteiger partial charge in [-0.25, -0.2) is 9.97 Å². The summed E-state index contributed by atoms with van der Waals surface area (Å²) in [6.07, 6.45) is 5.01. The molecule has 2 N–H and O–H groups in total.